The van der Waals surface area contributed by atoms with Crippen LogP contribution in [0.25, 0.3) is 21.1 Å². The van der Waals surface area contributed by atoms with Crippen LogP contribution >= 0.6 is 22.7 Å². The monoisotopic (exact) mass is 692 g/mol. The van der Waals surface area contributed by atoms with Crippen molar-refractivity contribution in [1.29, 1.82) is 0 Å². The molecule has 0 spiro atoms. The molecule has 4 aromatic heterocycles. The fourth-order valence-electron chi connectivity index (χ4n) is 5.33. The third kappa shape index (κ3) is 7.96. The fraction of sp³-hybridized carbons (Fsp3) is 0.143. The van der Waals surface area contributed by atoms with E-state index in [0.717, 1.165) is 26.4 Å². The summed E-state index contributed by atoms with van der Waals surface area (Å²) in [5.74, 6) is -0.0610. The summed E-state index contributed by atoms with van der Waals surface area (Å²) in [6, 6.07) is 26.9. The number of amides is 2. The number of aliphatic hydroxyl groups is 2. The van der Waals surface area contributed by atoms with E-state index in [-0.39, 0.29) is 36.4 Å². The van der Waals surface area contributed by atoms with Gasteiger partial charge in [0.05, 0.1) is 55.7 Å². The first kappa shape index (κ1) is 33.4. The van der Waals surface area contributed by atoms with Crippen LogP contribution in [0.4, 0.5) is 11.9 Å². The molecule has 0 saturated heterocycles. The maximum absolute atomic E-state index is 12.6. The van der Waals surface area contributed by atoms with Gasteiger partial charge in [-0.1, -0.05) is 54.6 Å². The molecule has 0 fully saturated rings. The fourth-order valence-corrected chi connectivity index (χ4v) is 7.08. The van der Waals surface area contributed by atoms with Gasteiger partial charge in [-0.15, -0.1) is 22.7 Å². The third-order valence-electron chi connectivity index (χ3n) is 7.69. The molecule has 1 aliphatic carbocycles. The number of thiophene rings is 2. The van der Waals surface area contributed by atoms with Gasteiger partial charge in [0.25, 0.3) is 11.8 Å². The van der Waals surface area contributed by atoms with Crippen molar-refractivity contribution in [3.63, 3.8) is 0 Å². The Hall–Kier alpha value is -5.54. The molecule has 0 saturated carbocycles. The summed E-state index contributed by atoms with van der Waals surface area (Å²) in [5.41, 5.74) is 15.5. The highest BCUT2D eigenvalue weighted by atomic mass is 32.1. The van der Waals surface area contributed by atoms with Gasteiger partial charge >= 0.3 is 0 Å². The van der Waals surface area contributed by atoms with E-state index in [1.807, 2.05) is 66.7 Å². The Morgan fingerprint density at radius 3 is 1.94 bits per heavy atom. The molecule has 6 aromatic rings. The van der Waals surface area contributed by atoms with E-state index in [0.29, 0.717) is 27.6 Å². The minimum Gasteiger partial charge on any atom is -0.394 e. The Morgan fingerprint density at radius 1 is 0.776 bits per heavy atom. The van der Waals surface area contributed by atoms with Crippen molar-refractivity contribution in [2.24, 2.45) is 0 Å². The van der Waals surface area contributed by atoms with Crippen LogP contribution in [-0.2, 0) is 6.42 Å². The number of carbonyl (C=O) groups is 2. The molecule has 0 radical (unpaired) electrons. The topological polar surface area (TPSA) is 202 Å². The quantitative estimate of drug-likeness (QED) is 0.133. The number of nitrogens with two attached hydrogens (primary N) is 2. The van der Waals surface area contributed by atoms with Gasteiger partial charge < -0.3 is 32.3 Å². The lowest BCUT2D eigenvalue weighted by atomic mass is 10.1. The molecule has 0 unspecified atom stereocenters. The molecule has 8 N–H and O–H groups in total. The van der Waals surface area contributed by atoms with Crippen LogP contribution in [0.3, 0.4) is 0 Å². The molecule has 14 heteroatoms. The van der Waals surface area contributed by atoms with E-state index in [1.165, 1.54) is 22.7 Å². The summed E-state index contributed by atoms with van der Waals surface area (Å²) >= 11 is 2.64. The van der Waals surface area contributed by atoms with Crippen LogP contribution < -0.4 is 22.1 Å². The number of anilines is 2. The van der Waals surface area contributed by atoms with E-state index in [2.05, 4.69) is 30.6 Å². The maximum Gasteiger partial charge on any atom is 0.261 e. The molecule has 248 valence electrons. The molecule has 0 bridgehead atoms. The number of aromatic nitrogens is 4. The molecule has 0 aliphatic heterocycles. The second-order valence-electron chi connectivity index (χ2n) is 11.0. The zero-order valence-corrected chi connectivity index (χ0v) is 27.6. The van der Waals surface area contributed by atoms with Crippen LogP contribution in [0.15, 0.2) is 103 Å². The second kappa shape index (κ2) is 15.1. The molecular formula is C35H32N8O4S2. The number of nitrogens with zero attached hydrogens (tertiary/aromatic N) is 4. The van der Waals surface area contributed by atoms with Gasteiger partial charge in [0, 0.05) is 18.8 Å². The Kier molecular flexibility index (Phi) is 10.3. The number of hydrogen-bond donors (Lipinski definition) is 6. The summed E-state index contributed by atoms with van der Waals surface area (Å²) in [6.45, 7) is -0.170. The van der Waals surface area contributed by atoms with Crippen molar-refractivity contribution in [3.8, 4) is 21.1 Å². The molecule has 12 nitrogen and oxygen atoms in total. The Bertz CT molecular complexity index is 2070. The minimum atomic E-state index is -0.609. The van der Waals surface area contributed by atoms with Crippen molar-refractivity contribution in [2.45, 2.75) is 24.6 Å². The number of nitrogen functional groups attached to an aromatic ring is 2. The highest BCUT2D eigenvalue weighted by molar-refractivity contribution is 7.17. The molecule has 49 heavy (non-hydrogen) atoms. The lowest BCUT2D eigenvalue weighted by Crippen LogP contribution is -2.33. The highest BCUT2D eigenvalue weighted by Gasteiger charge is 2.32. The zero-order chi connectivity index (χ0) is 34.3. The first-order valence-electron chi connectivity index (χ1n) is 15.2. The Balaban J connectivity index is 0.000000170. The normalized spacial score (nSPS) is 15.4. The predicted octanol–water partition coefficient (Wildman–Crippen LogP) is 4.43. The van der Waals surface area contributed by atoms with E-state index in [9.17, 15) is 19.8 Å². The van der Waals surface area contributed by atoms with Crippen LogP contribution in [0.1, 0.15) is 48.1 Å². The van der Waals surface area contributed by atoms with Gasteiger partial charge in [-0.3, -0.25) is 9.59 Å². The Labute approximate surface area is 289 Å². The van der Waals surface area contributed by atoms with Crippen molar-refractivity contribution in [1.82, 2.24) is 30.6 Å². The molecular weight excluding hydrogens is 661 g/mol. The van der Waals surface area contributed by atoms with E-state index < -0.39 is 12.1 Å². The first-order chi connectivity index (χ1) is 23.8. The first-order valence-corrected chi connectivity index (χ1v) is 16.8. The molecule has 3 atom stereocenters. The van der Waals surface area contributed by atoms with Crippen LogP contribution in [0, 0.1) is 0 Å². The van der Waals surface area contributed by atoms with E-state index in [4.69, 9.17) is 11.5 Å². The summed E-state index contributed by atoms with van der Waals surface area (Å²) in [4.78, 5) is 43.8. The van der Waals surface area contributed by atoms with Gasteiger partial charge in [-0.25, -0.2) is 19.9 Å². The summed E-state index contributed by atoms with van der Waals surface area (Å²) in [6.07, 6.45) is 3.11. The van der Waals surface area contributed by atoms with Gasteiger partial charge in [-0.2, -0.15) is 0 Å². The largest absolute Gasteiger partial charge is 0.394 e. The molecule has 4 heterocycles. The van der Waals surface area contributed by atoms with Crippen LogP contribution in [0.5, 0.6) is 0 Å². The lowest BCUT2D eigenvalue weighted by Gasteiger charge is -2.17. The van der Waals surface area contributed by atoms with Gasteiger partial charge in [-0.05, 0) is 53.1 Å². The highest BCUT2D eigenvalue weighted by Crippen LogP contribution is 2.33. The van der Waals surface area contributed by atoms with Crippen molar-refractivity contribution < 1.29 is 19.8 Å². The minimum absolute atomic E-state index is 0.170. The average Bonchev–Trinajstić information content (AvgIpc) is 3.88. The smallest absolute Gasteiger partial charge is 0.261 e. The van der Waals surface area contributed by atoms with Crippen LogP contribution in [0.2, 0.25) is 0 Å². The lowest BCUT2D eigenvalue weighted by molar-refractivity contribution is 0.0861. The predicted molar refractivity (Wildman–Crippen MR) is 190 cm³/mol. The number of fused-ring (bicyclic) bond motifs is 1. The molecule has 1 aliphatic rings. The molecule has 7 rings (SSSR count). The molecule has 2 amide bonds. The number of hydrogen-bond acceptors (Lipinski definition) is 12. The van der Waals surface area contributed by atoms with Crippen molar-refractivity contribution in [2.75, 3.05) is 18.1 Å². The summed E-state index contributed by atoms with van der Waals surface area (Å²) < 4.78 is 0. The average molecular weight is 693 g/mol. The molecule has 2 aromatic carbocycles. The van der Waals surface area contributed by atoms with Gasteiger partial charge in [0.2, 0.25) is 11.9 Å². The number of rotatable bonds is 8. The third-order valence-corrected chi connectivity index (χ3v) is 9.91. The SMILES string of the molecule is Nc1nccc(-c2ccc(C(=O)N[C@H](CO)c3ccccc3)s2)n1.Nc1nccc(-c2ccc(C(=O)N[C@H]3c4ccccc4C[C@H]3O)s2)n1. The van der Waals surface area contributed by atoms with Gasteiger partial charge in [0.15, 0.2) is 0 Å². The van der Waals surface area contributed by atoms with E-state index >= 15 is 0 Å². The second-order valence-corrected chi connectivity index (χ2v) is 13.1. The van der Waals surface area contributed by atoms with Crippen molar-refractivity contribution >= 4 is 46.4 Å². The standard InChI is InChI=1S/C18H16N4O2S.C17H16N4O2S/c19-18-20-8-7-12(21-18)14-5-6-15(25-14)17(24)22-16-11-4-2-1-3-10(11)9-13(16)23;18-17-19-9-8-12(21-17)14-6-7-15(24-14)16(23)20-13(10-22)11-4-2-1-3-5-11/h1-8,13,16,23H,9H2,(H,22,24)(H2,19,20,21);1-9,13,22H,10H2,(H,20,23)(H2,18,19,21)/t13-,16+;13-/m11/s1. The maximum atomic E-state index is 12.6. The Morgan fingerprint density at radius 2 is 1.35 bits per heavy atom. The summed E-state index contributed by atoms with van der Waals surface area (Å²) in [7, 11) is 0. The van der Waals surface area contributed by atoms with Gasteiger partial charge in [0.1, 0.15) is 0 Å². The van der Waals surface area contributed by atoms with Crippen LogP contribution in [-0.4, -0.2) is 54.7 Å². The number of carbonyl (C=O) groups excluding carboxylic acids is 2. The number of nitrogens with one attached hydrogen (secondary N) is 2. The van der Waals surface area contributed by atoms with Crippen molar-refractivity contribution in [3.05, 3.63) is 130 Å². The number of benzene rings is 2. The summed E-state index contributed by atoms with van der Waals surface area (Å²) in [5, 5.41) is 25.6. The number of aliphatic hydroxyl groups excluding tert-OH is 2. The zero-order valence-electron chi connectivity index (χ0n) is 25.9. The van der Waals surface area contributed by atoms with E-state index in [1.54, 1.807) is 36.7 Å².